The van der Waals surface area contributed by atoms with Gasteiger partial charge in [-0.05, 0) is 35.6 Å². The molecule has 0 aromatic heterocycles. The highest BCUT2D eigenvalue weighted by molar-refractivity contribution is 5.80. The van der Waals surface area contributed by atoms with Gasteiger partial charge in [0.15, 0.2) is 11.5 Å². The molecule has 0 saturated carbocycles. The number of para-hydroxylation sites is 1. The van der Waals surface area contributed by atoms with Crippen molar-refractivity contribution in [2.45, 2.75) is 19.4 Å². The van der Waals surface area contributed by atoms with Gasteiger partial charge in [-0.1, -0.05) is 36.4 Å². The maximum absolute atomic E-state index is 12.9. The quantitative estimate of drug-likeness (QED) is 0.853. The van der Waals surface area contributed by atoms with E-state index in [0.29, 0.717) is 19.6 Å². The zero-order valence-corrected chi connectivity index (χ0v) is 13.8. The molecule has 0 unspecified atom stereocenters. The summed E-state index contributed by atoms with van der Waals surface area (Å²) in [4.78, 5) is 14.9. The Morgan fingerprint density at radius 2 is 1.92 bits per heavy atom. The summed E-state index contributed by atoms with van der Waals surface area (Å²) in [5, 5.41) is 0. The highest BCUT2D eigenvalue weighted by atomic mass is 16.5. The van der Waals surface area contributed by atoms with Crippen LogP contribution in [0.5, 0.6) is 11.5 Å². The van der Waals surface area contributed by atoms with Crippen molar-refractivity contribution in [3.05, 3.63) is 59.2 Å². The van der Waals surface area contributed by atoms with Crippen molar-refractivity contribution >= 4 is 5.91 Å². The Hall–Kier alpha value is -2.49. The highest BCUT2D eigenvalue weighted by Gasteiger charge is 2.32. The number of hydrogen-bond acceptors (Lipinski definition) is 3. The van der Waals surface area contributed by atoms with Crippen LogP contribution in [0, 0.1) is 5.92 Å². The second-order valence-electron chi connectivity index (χ2n) is 6.44. The monoisotopic (exact) mass is 323 g/mol. The van der Waals surface area contributed by atoms with Crippen LogP contribution >= 0.6 is 0 Å². The first kappa shape index (κ1) is 15.1. The van der Waals surface area contributed by atoms with Crippen LogP contribution < -0.4 is 9.47 Å². The molecule has 1 atom stereocenters. The Kier molecular flexibility index (Phi) is 3.89. The number of amides is 1. The number of benzene rings is 2. The Labute approximate surface area is 142 Å². The van der Waals surface area contributed by atoms with E-state index in [2.05, 4.69) is 18.2 Å². The number of rotatable bonds is 2. The Morgan fingerprint density at radius 1 is 1.12 bits per heavy atom. The molecular weight excluding hydrogens is 302 g/mol. The first-order chi connectivity index (χ1) is 11.8. The lowest BCUT2D eigenvalue weighted by atomic mass is 9.93. The molecule has 0 N–H and O–H groups in total. The minimum Gasteiger partial charge on any atom is -0.493 e. The number of methoxy groups -OCH3 is 1. The maximum Gasteiger partial charge on any atom is 0.229 e. The smallest absolute Gasteiger partial charge is 0.229 e. The molecule has 0 spiro atoms. The number of carbonyl (C=O) groups is 1. The van der Waals surface area contributed by atoms with Crippen molar-refractivity contribution in [2.24, 2.45) is 5.92 Å². The van der Waals surface area contributed by atoms with Gasteiger partial charge in [-0.25, -0.2) is 0 Å². The summed E-state index contributed by atoms with van der Waals surface area (Å²) in [5.41, 5.74) is 3.67. The Morgan fingerprint density at radius 3 is 2.75 bits per heavy atom. The molecule has 0 radical (unpaired) electrons. The van der Waals surface area contributed by atoms with Gasteiger partial charge >= 0.3 is 0 Å². The fourth-order valence-corrected chi connectivity index (χ4v) is 3.66. The van der Waals surface area contributed by atoms with Crippen molar-refractivity contribution in [1.82, 2.24) is 4.90 Å². The molecule has 0 aliphatic carbocycles. The number of ether oxygens (including phenoxy) is 2. The van der Waals surface area contributed by atoms with Crippen LogP contribution in [0.15, 0.2) is 42.5 Å². The first-order valence-electron chi connectivity index (χ1n) is 8.40. The van der Waals surface area contributed by atoms with Crippen LogP contribution in [0.4, 0.5) is 0 Å². The molecule has 0 fully saturated rings. The molecule has 24 heavy (non-hydrogen) atoms. The summed E-state index contributed by atoms with van der Waals surface area (Å²) in [7, 11) is 1.64. The summed E-state index contributed by atoms with van der Waals surface area (Å²) >= 11 is 0. The Bertz CT molecular complexity index is 771. The number of nitrogens with zero attached hydrogens (tertiary/aromatic N) is 1. The molecule has 2 heterocycles. The molecule has 2 aromatic carbocycles. The highest BCUT2D eigenvalue weighted by Crippen LogP contribution is 2.36. The van der Waals surface area contributed by atoms with E-state index in [-0.39, 0.29) is 11.8 Å². The van der Waals surface area contributed by atoms with Gasteiger partial charge in [-0.2, -0.15) is 0 Å². The van der Waals surface area contributed by atoms with E-state index in [1.807, 2.05) is 29.2 Å². The Balaban J connectivity index is 1.50. The predicted molar refractivity (Wildman–Crippen MR) is 91.2 cm³/mol. The minimum absolute atomic E-state index is 0.116. The van der Waals surface area contributed by atoms with E-state index in [0.717, 1.165) is 30.0 Å². The number of fused-ring (bicyclic) bond motifs is 2. The lowest BCUT2D eigenvalue weighted by Crippen LogP contribution is -2.43. The molecule has 0 bridgehead atoms. The predicted octanol–water partition coefficient (Wildman–Crippen LogP) is 2.83. The zero-order chi connectivity index (χ0) is 16.5. The number of carbonyl (C=O) groups excluding carboxylic acids is 1. The normalized spacial score (nSPS) is 19.0. The van der Waals surface area contributed by atoms with E-state index in [4.69, 9.17) is 9.47 Å². The zero-order valence-electron chi connectivity index (χ0n) is 13.8. The molecule has 4 heteroatoms. The third kappa shape index (κ3) is 2.62. The average molecular weight is 323 g/mol. The molecule has 1 amide bonds. The van der Waals surface area contributed by atoms with Crippen molar-refractivity contribution in [1.29, 1.82) is 0 Å². The van der Waals surface area contributed by atoms with Gasteiger partial charge in [0.05, 0.1) is 13.0 Å². The fourth-order valence-electron chi connectivity index (χ4n) is 3.66. The molecule has 124 valence electrons. The molecule has 0 saturated heterocycles. The second-order valence-corrected chi connectivity index (χ2v) is 6.44. The third-order valence-electron chi connectivity index (χ3n) is 4.97. The largest absolute Gasteiger partial charge is 0.493 e. The molecule has 2 aliphatic rings. The SMILES string of the molecule is COc1cccc2c1OC[C@H](C(=O)N1CCc3ccccc3C1)C2. The van der Waals surface area contributed by atoms with Crippen LogP contribution in [0.1, 0.15) is 16.7 Å². The second kappa shape index (κ2) is 6.19. The van der Waals surface area contributed by atoms with E-state index in [9.17, 15) is 4.79 Å². The van der Waals surface area contributed by atoms with E-state index in [1.165, 1.54) is 11.1 Å². The van der Waals surface area contributed by atoms with Gasteiger partial charge < -0.3 is 14.4 Å². The van der Waals surface area contributed by atoms with Gasteiger partial charge in [0.2, 0.25) is 5.91 Å². The van der Waals surface area contributed by atoms with Crippen molar-refractivity contribution in [2.75, 3.05) is 20.3 Å². The number of hydrogen-bond donors (Lipinski definition) is 0. The van der Waals surface area contributed by atoms with E-state index < -0.39 is 0 Å². The van der Waals surface area contributed by atoms with Gasteiger partial charge in [0, 0.05) is 13.1 Å². The lowest BCUT2D eigenvalue weighted by molar-refractivity contribution is -0.137. The topological polar surface area (TPSA) is 38.8 Å². The van der Waals surface area contributed by atoms with Crippen molar-refractivity contribution in [3.8, 4) is 11.5 Å². The van der Waals surface area contributed by atoms with Gasteiger partial charge in [-0.3, -0.25) is 4.79 Å². The summed E-state index contributed by atoms with van der Waals surface area (Å²) in [6, 6.07) is 14.2. The average Bonchev–Trinajstić information content (AvgIpc) is 2.66. The molecule has 2 aliphatic heterocycles. The fraction of sp³-hybridized carbons (Fsp3) is 0.350. The third-order valence-corrected chi connectivity index (χ3v) is 4.97. The minimum atomic E-state index is -0.116. The van der Waals surface area contributed by atoms with Gasteiger partial charge in [-0.15, -0.1) is 0 Å². The van der Waals surface area contributed by atoms with Gasteiger partial charge in [0.1, 0.15) is 6.61 Å². The first-order valence-corrected chi connectivity index (χ1v) is 8.40. The van der Waals surface area contributed by atoms with Crippen LogP contribution in [-0.2, 0) is 24.2 Å². The summed E-state index contributed by atoms with van der Waals surface area (Å²) in [6.07, 6.45) is 1.64. The van der Waals surface area contributed by atoms with E-state index in [1.54, 1.807) is 7.11 Å². The van der Waals surface area contributed by atoms with Crippen molar-refractivity contribution in [3.63, 3.8) is 0 Å². The molecular formula is C20H21NO3. The van der Waals surface area contributed by atoms with E-state index >= 15 is 0 Å². The van der Waals surface area contributed by atoms with Crippen LogP contribution in [-0.4, -0.2) is 31.1 Å². The molecule has 4 nitrogen and oxygen atoms in total. The van der Waals surface area contributed by atoms with Crippen LogP contribution in [0.25, 0.3) is 0 Å². The molecule has 2 aromatic rings. The standard InChI is InChI=1S/C20H21NO3/c1-23-18-8-4-7-15-11-17(13-24-19(15)18)20(22)21-10-9-14-5-2-3-6-16(14)12-21/h2-8,17H,9-13H2,1H3/t17-/m1/s1. The maximum atomic E-state index is 12.9. The molecule has 4 rings (SSSR count). The van der Waals surface area contributed by atoms with Crippen LogP contribution in [0.3, 0.4) is 0 Å². The van der Waals surface area contributed by atoms with Crippen LogP contribution in [0.2, 0.25) is 0 Å². The summed E-state index contributed by atoms with van der Waals surface area (Å²) in [6.45, 7) is 1.91. The lowest BCUT2D eigenvalue weighted by Gasteiger charge is -2.33. The van der Waals surface area contributed by atoms with Gasteiger partial charge in [0.25, 0.3) is 0 Å². The summed E-state index contributed by atoms with van der Waals surface area (Å²) in [5.74, 6) is 1.60. The summed E-state index contributed by atoms with van der Waals surface area (Å²) < 4.78 is 11.2. The van der Waals surface area contributed by atoms with Crippen molar-refractivity contribution < 1.29 is 14.3 Å².